The molecule has 1 aromatic rings. The van der Waals surface area contributed by atoms with Crippen LogP contribution in [0.15, 0.2) is 24.3 Å². The molecule has 2 unspecified atom stereocenters. The minimum Gasteiger partial charge on any atom is -0.497 e. The van der Waals surface area contributed by atoms with Gasteiger partial charge in [-0.15, -0.1) is 0 Å². The van der Waals surface area contributed by atoms with Crippen LogP contribution in [0.5, 0.6) is 5.75 Å². The third kappa shape index (κ3) is 5.13. The second-order valence-corrected chi connectivity index (χ2v) is 6.05. The Morgan fingerprint density at radius 1 is 1.39 bits per heavy atom. The average Bonchev–Trinajstić information content (AvgIpc) is 2.60. The van der Waals surface area contributed by atoms with Gasteiger partial charge in [0.05, 0.1) is 19.3 Å². The first-order valence-electron chi connectivity index (χ1n) is 8.41. The fourth-order valence-electron chi connectivity index (χ4n) is 2.86. The summed E-state index contributed by atoms with van der Waals surface area (Å²) in [6.07, 6.45) is 4.35. The number of benzene rings is 1. The number of carbonyl (C=O) groups excluding carboxylic acids is 1. The lowest BCUT2D eigenvalue weighted by Gasteiger charge is -2.29. The molecule has 5 heteroatoms. The predicted octanol–water partition coefficient (Wildman–Crippen LogP) is 3.36. The van der Waals surface area contributed by atoms with Crippen molar-refractivity contribution >= 4 is 6.03 Å². The summed E-state index contributed by atoms with van der Waals surface area (Å²) in [7, 11) is 3.48. The molecule has 1 aliphatic rings. The Bertz CT molecular complexity index is 484. The molecule has 23 heavy (non-hydrogen) atoms. The maximum Gasteiger partial charge on any atom is 0.317 e. The van der Waals surface area contributed by atoms with Crippen LogP contribution in [-0.4, -0.2) is 44.3 Å². The molecule has 0 saturated carbocycles. The van der Waals surface area contributed by atoms with Crippen LogP contribution in [0, 0.1) is 0 Å². The Kier molecular flexibility index (Phi) is 6.71. The van der Waals surface area contributed by atoms with E-state index in [9.17, 15) is 4.79 Å². The Morgan fingerprint density at radius 3 is 2.70 bits per heavy atom. The summed E-state index contributed by atoms with van der Waals surface area (Å²) < 4.78 is 10.9. The Balaban J connectivity index is 1.89. The molecular weight excluding hydrogens is 292 g/mol. The predicted molar refractivity (Wildman–Crippen MR) is 90.8 cm³/mol. The fraction of sp³-hybridized carbons (Fsp3) is 0.611. The largest absolute Gasteiger partial charge is 0.497 e. The topological polar surface area (TPSA) is 50.8 Å². The van der Waals surface area contributed by atoms with Crippen LogP contribution in [-0.2, 0) is 4.74 Å². The number of nitrogens with one attached hydrogen (secondary N) is 1. The van der Waals surface area contributed by atoms with E-state index in [1.54, 1.807) is 12.0 Å². The molecule has 2 rings (SSSR count). The third-order valence-corrected chi connectivity index (χ3v) is 4.32. The number of nitrogens with zero attached hydrogens (tertiary/aromatic N) is 1. The van der Waals surface area contributed by atoms with Gasteiger partial charge in [-0.2, -0.15) is 0 Å². The Morgan fingerprint density at radius 2 is 2.13 bits per heavy atom. The molecule has 5 nitrogen and oxygen atoms in total. The number of methoxy groups -OCH3 is 1. The first-order valence-corrected chi connectivity index (χ1v) is 8.41. The van der Waals surface area contributed by atoms with Gasteiger partial charge >= 0.3 is 6.03 Å². The maximum absolute atomic E-state index is 12.4. The second kappa shape index (κ2) is 8.77. The monoisotopic (exact) mass is 320 g/mol. The summed E-state index contributed by atoms with van der Waals surface area (Å²) in [5.74, 6) is 0.821. The number of rotatable bonds is 6. The number of urea groups is 1. The fourth-order valence-corrected chi connectivity index (χ4v) is 2.86. The van der Waals surface area contributed by atoms with Crippen LogP contribution < -0.4 is 10.1 Å². The molecule has 0 aliphatic carbocycles. The van der Waals surface area contributed by atoms with Crippen molar-refractivity contribution in [1.82, 2.24) is 10.2 Å². The molecule has 0 radical (unpaired) electrons. The molecule has 2 atom stereocenters. The van der Waals surface area contributed by atoms with Crippen molar-refractivity contribution in [3.63, 3.8) is 0 Å². The normalized spacial score (nSPS) is 19.0. The van der Waals surface area contributed by atoms with Crippen molar-refractivity contribution < 1.29 is 14.3 Å². The molecule has 1 fully saturated rings. The molecule has 128 valence electrons. The molecule has 2 amide bonds. The van der Waals surface area contributed by atoms with E-state index in [1.165, 1.54) is 6.42 Å². The number of likely N-dealkylation sites (N-methyl/N-ethyl adjacent to an activating group) is 1. The number of hydrogen-bond donors (Lipinski definition) is 1. The lowest BCUT2D eigenvalue weighted by Crippen LogP contribution is -2.43. The summed E-state index contributed by atoms with van der Waals surface area (Å²) >= 11 is 0. The van der Waals surface area contributed by atoms with E-state index in [1.807, 2.05) is 31.3 Å². The number of ether oxygens (including phenoxy) is 2. The quantitative estimate of drug-likeness (QED) is 0.874. The van der Waals surface area contributed by atoms with E-state index < -0.39 is 0 Å². The standard InChI is InChI=1S/C18H28N2O3/c1-4-17(14-8-10-15(22-3)11-9-14)19-18(21)20(2)13-16-7-5-6-12-23-16/h8-11,16-17H,4-7,12-13H2,1-3H3,(H,19,21). The SMILES string of the molecule is CCC(NC(=O)N(C)CC1CCCCO1)c1ccc(OC)cc1. The summed E-state index contributed by atoms with van der Waals surface area (Å²) in [4.78, 5) is 14.1. The van der Waals surface area contributed by atoms with Crippen LogP contribution >= 0.6 is 0 Å². The lowest BCUT2D eigenvalue weighted by atomic mass is 10.0. The molecule has 1 aromatic carbocycles. The van der Waals surface area contributed by atoms with E-state index in [-0.39, 0.29) is 18.2 Å². The van der Waals surface area contributed by atoms with Gasteiger partial charge in [-0.25, -0.2) is 4.79 Å². The summed E-state index contributed by atoms with van der Waals surface area (Å²) in [5.41, 5.74) is 1.09. The van der Waals surface area contributed by atoms with Crippen LogP contribution in [0.25, 0.3) is 0 Å². The van der Waals surface area contributed by atoms with E-state index in [2.05, 4.69) is 12.2 Å². The van der Waals surface area contributed by atoms with Crippen LogP contribution in [0.3, 0.4) is 0 Å². The molecule has 1 aliphatic heterocycles. The average molecular weight is 320 g/mol. The van der Waals surface area contributed by atoms with E-state index in [0.717, 1.165) is 37.2 Å². The highest BCUT2D eigenvalue weighted by molar-refractivity contribution is 5.74. The molecule has 1 heterocycles. The van der Waals surface area contributed by atoms with Gasteiger partial charge < -0.3 is 19.7 Å². The Labute approximate surface area is 139 Å². The zero-order valence-corrected chi connectivity index (χ0v) is 14.4. The number of carbonyl (C=O) groups is 1. The minimum atomic E-state index is -0.0539. The first kappa shape index (κ1) is 17.6. The molecule has 0 bridgehead atoms. The van der Waals surface area contributed by atoms with Gasteiger partial charge in [0.2, 0.25) is 0 Å². The zero-order valence-electron chi connectivity index (χ0n) is 14.4. The van der Waals surface area contributed by atoms with Crippen molar-refractivity contribution in [2.24, 2.45) is 0 Å². The van der Waals surface area contributed by atoms with Crippen LogP contribution in [0.1, 0.15) is 44.2 Å². The van der Waals surface area contributed by atoms with Gasteiger partial charge in [-0.1, -0.05) is 19.1 Å². The van der Waals surface area contributed by atoms with Crippen molar-refractivity contribution in [2.45, 2.75) is 44.8 Å². The van der Waals surface area contributed by atoms with Crippen molar-refractivity contribution in [3.8, 4) is 5.75 Å². The minimum absolute atomic E-state index is 0.00290. The molecule has 1 N–H and O–H groups in total. The molecule has 0 spiro atoms. The van der Waals surface area contributed by atoms with Gasteiger partial charge in [0.15, 0.2) is 0 Å². The van der Waals surface area contributed by atoms with E-state index in [4.69, 9.17) is 9.47 Å². The van der Waals surface area contributed by atoms with Gasteiger partial charge in [-0.05, 0) is 43.4 Å². The second-order valence-electron chi connectivity index (χ2n) is 6.05. The van der Waals surface area contributed by atoms with Gasteiger partial charge in [-0.3, -0.25) is 0 Å². The van der Waals surface area contributed by atoms with Gasteiger partial charge in [0.25, 0.3) is 0 Å². The highest BCUT2D eigenvalue weighted by atomic mass is 16.5. The molecule has 1 saturated heterocycles. The van der Waals surface area contributed by atoms with Gasteiger partial charge in [0.1, 0.15) is 5.75 Å². The third-order valence-electron chi connectivity index (χ3n) is 4.32. The summed E-state index contributed by atoms with van der Waals surface area (Å²) in [6.45, 7) is 3.52. The van der Waals surface area contributed by atoms with Crippen molar-refractivity contribution in [2.75, 3.05) is 27.3 Å². The highest BCUT2D eigenvalue weighted by Crippen LogP contribution is 2.20. The first-order chi connectivity index (χ1) is 11.1. The summed E-state index contributed by atoms with van der Waals surface area (Å²) in [6, 6.07) is 7.78. The Hall–Kier alpha value is -1.75. The number of hydrogen-bond acceptors (Lipinski definition) is 3. The molecular formula is C18H28N2O3. The lowest BCUT2D eigenvalue weighted by molar-refractivity contribution is 0.00370. The van der Waals surface area contributed by atoms with Crippen molar-refractivity contribution in [1.29, 1.82) is 0 Å². The zero-order chi connectivity index (χ0) is 16.7. The van der Waals surface area contributed by atoms with Crippen LogP contribution in [0.4, 0.5) is 4.79 Å². The van der Waals surface area contributed by atoms with Crippen LogP contribution in [0.2, 0.25) is 0 Å². The maximum atomic E-state index is 12.4. The number of amides is 2. The summed E-state index contributed by atoms with van der Waals surface area (Å²) in [5, 5.41) is 3.10. The smallest absolute Gasteiger partial charge is 0.317 e. The van der Waals surface area contributed by atoms with Gasteiger partial charge in [0, 0.05) is 20.2 Å². The highest BCUT2D eigenvalue weighted by Gasteiger charge is 2.20. The van der Waals surface area contributed by atoms with E-state index >= 15 is 0 Å². The van der Waals surface area contributed by atoms with E-state index in [0.29, 0.717) is 6.54 Å². The molecule has 0 aromatic heterocycles. The van der Waals surface area contributed by atoms with Crippen molar-refractivity contribution in [3.05, 3.63) is 29.8 Å².